The molecule has 0 amide bonds. The highest BCUT2D eigenvalue weighted by Gasteiger charge is 2.18. The van der Waals surface area contributed by atoms with Crippen molar-refractivity contribution in [3.63, 3.8) is 0 Å². The zero-order valence-corrected chi connectivity index (χ0v) is 32.3. The number of carbonyl (C=O) groups is 4. The predicted molar refractivity (Wildman–Crippen MR) is 207 cm³/mol. The second-order valence-corrected chi connectivity index (χ2v) is 13.0. The van der Waals surface area contributed by atoms with Gasteiger partial charge in [-0.3, -0.25) is 4.79 Å². The van der Waals surface area contributed by atoms with Gasteiger partial charge in [0.05, 0.1) is 54.6 Å². The summed E-state index contributed by atoms with van der Waals surface area (Å²) in [5, 5.41) is 0. The molecular formula is C44H50O11. The van der Waals surface area contributed by atoms with E-state index in [1.54, 1.807) is 55.5 Å². The Morgan fingerprint density at radius 1 is 0.473 bits per heavy atom. The second kappa shape index (κ2) is 21.4. The second-order valence-electron chi connectivity index (χ2n) is 13.0. The van der Waals surface area contributed by atoms with E-state index in [9.17, 15) is 19.2 Å². The minimum atomic E-state index is -0.567. The molecule has 0 fully saturated rings. The molecule has 3 atom stereocenters. The van der Waals surface area contributed by atoms with Crippen molar-refractivity contribution in [2.24, 2.45) is 5.92 Å². The van der Waals surface area contributed by atoms with Gasteiger partial charge in [-0.15, -0.1) is 0 Å². The Morgan fingerprint density at radius 3 is 1.36 bits per heavy atom. The fraction of sp³-hybridized carbons (Fsp3) is 0.364. The summed E-state index contributed by atoms with van der Waals surface area (Å²) in [5.41, 5.74) is 2.86. The summed E-state index contributed by atoms with van der Waals surface area (Å²) < 4.78 is 39.0. The summed E-state index contributed by atoms with van der Waals surface area (Å²) in [6, 6.07) is 26.7. The largest absolute Gasteiger partial charge is 0.488 e. The van der Waals surface area contributed by atoms with Gasteiger partial charge < -0.3 is 33.2 Å². The Labute approximate surface area is 322 Å². The Kier molecular flexibility index (Phi) is 16.4. The highest BCUT2D eigenvalue weighted by molar-refractivity contribution is 5.93. The van der Waals surface area contributed by atoms with Crippen LogP contribution in [0.15, 0.2) is 97.1 Å². The standard InChI is InChI=1S/C44H50O11/c1-7-32(8-2)41(45)52-27-30(5)50-26-29(4)51-28-31(6)53-38-22-16-36(17-23-38)43(47)55-40-24-18-37(19-25-40)44(48)54-39-20-14-34(15-21-39)33-10-12-35(13-11-33)42(46)49-9-3/h10-25,29-32H,7-9,26-28H2,1-6H3. The SMILES string of the molecule is CCOC(=O)c1ccc(-c2ccc(OC(=O)c3ccc(OC(=O)c4ccc(OC(C)COC(C)COC(C)COC(=O)C(CC)CC)cc4)cc3)cc2)cc1. The number of ether oxygens (including phenoxy) is 7. The number of esters is 4. The van der Waals surface area contributed by atoms with Gasteiger partial charge in [-0.05, 0) is 124 Å². The third-order valence-corrected chi connectivity index (χ3v) is 8.53. The van der Waals surface area contributed by atoms with Crippen LogP contribution in [0.25, 0.3) is 11.1 Å². The van der Waals surface area contributed by atoms with Crippen LogP contribution in [0.3, 0.4) is 0 Å². The Hall–Kier alpha value is -5.52. The maximum absolute atomic E-state index is 12.8. The maximum atomic E-state index is 12.8. The minimum absolute atomic E-state index is 0.0803. The Balaban J connectivity index is 1.17. The van der Waals surface area contributed by atoms with Crippen LogP contribution in [0, 0.1) is 5.92 Å². The molecule has 11 heteroatoms. The number of rotatable bonds is 20. The van der Waals surface area contributed by atoms with E-state index in [0.717, 1.165) is 24.0 Å². The molecule has 11 nitrogen and oxygen atoms in total. The van der Waals surface area contributed by atoms with Crippen molar-refractivity contribution in [3.8, 4) is 28.4 Å². The molecule has 0 radical (unpaired) electrons. The average Bonchev–Trinajstić information content (AvgIpc) is 3.20. The van der Waals surface area contributed by atoms with Crippen LogP contribution in [-0.2, 0) is 23.7 Å². The predicted octanol–water partition coefficient (Wildman–Crippen LogP) is 8.53. The summed E-state index contributed by atoms with van der Waals surface area (Å²) in [7, 11) is 0. The third kappa shape index (κ3) is 13.4. The first-order valence-electron chi connectivity index (χ1n) is 18.6. The highest BCUT2D eigenvalue weighted by Crippen LogP contribution is 2.24. The van der Waals surface area contributed by atoms with Crippen molar-refractivity contribution < 1.29 is 52.3 Å². The van der Waals surface area contributed by atoms with Crippen molar-refractivity contribution in [2.45, 2.75) is 72.7 Å². The van der Waals surface area contributed by atoms with Gasteiger partial charge in [0.2, 0.25) is 0 Å². The van der Waals surface area contributed by atoms with Gasteiger partial charge >= 0.3 is 23.9 Å². The molecule has 0 heterocycles. The van der Waals surface area contributed by atoms with Crippen LogP contribution in [0.5, 0.6) is 17.2 Å². The Morgan fingerprint density at radius 2 is 0.873 bits per heavy atom. The molecule has 0 aromatic heterocycles. The maximum Gasteiger partial charge on any atom is 0.343 e. The van der Waals surface area contributed by atoms with Crippen LogP contribution in [-0.4, -0.2) is 68.6 Å². The van der Waals surface area contributed by atoms with Gasteiger partial charge in [-0.25, -0.2) is 14.4 Å². The quantitative estimate of drug-likeness (QED) is 0.0635. The first-order chi connectivity index (χ1) is 26.5. The lowest BCUT2D eigenvalue weighted by Crippen LogP contribution is -2.28. The lowest BCUT2D eigenvalue weighted by molar-refractivity contribution is -0.153. The van der Waals surface area contributed by atoms with E-state index in [0.29, 0.717) is 42.4 Å². The van der Waals surface area contributed by atoms with Gasteiger partial charge in [0.25, 0.3) is 0 Å². The summed E-state index contributed by atoms with van der Waals surface area (Å²) >= 11 is 0. The van der Waals surface area contributed by atoms with Gasteiger partial charge in [0.15, 0.2) is 0 Å². The van der Waals surface area contributed by atoms with Gasteiger partial charge in [0, 0.05) is 0 Å². The zero-order valence-electron chi connectivity index (χ0n) is 32.3. The van der Waals surface area contributed by atoms with Gasteiger partial charge in [0.1, 0.15) is 30.0 Å². The van der Waals surface area contributed by atoms with Crippen LogP contribution in [0.4, 0.5) is 0 Å². The zero-order chi connectivity index (χ0) is 39.7. The molecule has 0 N–H and O–H groups in total. The van der Waals surface area contributed by atoms with Crippen molar-refractivity contribution in [2.75, 3.05) is 26.4 Å². The van der Waals surface area contributed by atoms with E-state index in [1.807, 2.05) is 58.9 Å². The fourth-order valence-corrected chi connectivity index (χ4v) is 5.29. The molecule has 4 aromatic carbocycles. The first-order valence-corrected chi connectivity index (χ1v) is 18.6. The summed E-state index contributed by atoms with van der Waals surface area (Å²) in [6.45, 7) is 12.5. The summed E-state index contributed by atoms with van der Waals surface area (Å²) in [6.07, 6.45) is 0.790. The van der Waals surface area contributed by atoms with E-state index in [2.05, 4.69) is 0 Å². The molecule has 0 saturated heterocycles. The smallest absolute Gasteiger partial charge is 0.343 e. The number of carbonyl (C=O) groups excluding carboxylic acids is 4. The normalized spacial score (nSPS) is 12.6. The fourth-order valence-electron chi connectivity index (χ4n) is 5.29. The van der Waals surface area contributed by atoms with Crippen molar-refractivity contribution >= 4 is 23.9 Å². The number of benzene rings is 4. The van der Waals surface area contributed by atoms with Crippen LogP contribution >= 0.6 is 0 Å². The number of hydrogen-bond acceptors (Lipinski definition) is 11. The van der Waals surface area contributed by atoms with Crippen molar-refractivity contribution in [1.82, 2.24) is 0 Å². The molecule has 0 aliphatic rings. The third-order valence-electron chi connectivity index (χ3n) is 8.53. The molecule has 0 aliphatic heterocycles. The van der Waals surface area contributed by atoms with E-state index in [-0.39, 0.29) is 54.1 Å². The molecule has 0 saturated carbocycles. The van der Waals surface area contributed by atoms with Crippen molar-refractivity contribution in [3.05, 3.63) is 114 Å². The molecular weight excluding hydrogens is 704 g/mol. The van der Waals surface area contributed by atoms with Crippen LogP contribution in [0.2, 0.25) is 0 Å². The van der Waals surface area contributed by atoms with E-state index in [1.165, 1.54) is 24.3 Å². The molecule has 55 heavy (non-hydrogen) atoms. The van der Waals surface area contributed by atoms with E-state index >= 15 is 0 Å². The minimum Gasteiger partial charge on any atom is -0.488 e. The summed E-state index contributed by atoms with van der Waals surface area (Å²) in [5.74, 6) is -0.585. The average molecular weight is 755 g/mol. The van der Waals surface area contributed by atoms with E-state index < -0.39 is 11.9 Å². The topological polar surface area (TPSA) is 133 Å². The molecule has 292 valence electrons. The molecule has 0 bridgehead atoms. The monoisotopic (exact) mass is 754 g/mol. The number of hydrogen-bond donors (Lipinski definition) is 0. The van der Waals surface area contributed by atoms with Crippen molar-refractivity contribution in [1.29, 1.82) is 0 Å². The lowest BCUT2D eigenvalue weighted by Gasteiger charge is -2.21. The van der Waals surface area contributed by atoms with Gasteiger partial charge in [-0.1, -0.05) is 38.1 Å². The Bertz CT molecular complexity index is 1810. The molecule has 0 spiro atoms. The molecule has 3 unspecified atom stereocenters. The molecule has 4 aromatic rings. The van der Waals surface area contributed by atoms with E-state index in [4.69, 9.17) is 33.2 Å². The van der Waals surface area contributed by atoms with Gasteiger partial charge in [-0.2, -0.15) is 0 Å². The highest BCUT2D eigenvalue weighted by atomic mass is 16.6. The lowest BCUT2D eigenvalue weighted by atomic mass is 10.0. The summed E-state index contributed by atoms with van der Waals surface area (Å²) in [4.78, 5) is 49.5. The molecule has 4 rings (SSSR count). The first kappa shape index (κ1) is 42.2. The van der Waals surface area contributed by atoms with Crippen LogP contribution < -0.4 is 14.2 Å². The van der Waals surface area contributed by atoms with Crippen LogP contribution in [0.1, 0.15) is 85.5 Å². The molecule has 0 aliphatic carbocycles.